The second kappa shape index (κ2) is 5.36. The molecule has 1 saturated carbocycles. The fourth-order valence-corrected chi connectivity index (χ4v) is 7.51. The summed E-state index contributed by atoms with van der Waals surface area (Å²) in [6.07, 6.45) is 5.43. The van der Waals surface area contributed by atoms with Crippen molar-refractivity contribution in [2.24, 2.45) is 11.8 Å². The van der Waals surface area contributed by atoms with Gasteiger partial charge in [0.05, 0.1) is 25.2 Å². The summed E-state index contributed by atoms with van der Waals surface area (Å²) in [6.45, 7) is 2.97. The molecule has 5 heterocycles. The summed E-state index contributed by atoms with van der Waals surface area (Å²) in [7, 11) is 0. The molecule has 7 rings (SSSR count). The zero-order valence-electron chi connectivity index (χ0n) is 14.2. The van der Waals surface area contributed by atoms with E-state index in [0.717, 1.165) is 6.54 Å². The molecule has 1 spiro atoms. The number of anilines is 1. The van der Waals surface area contributed by atoms with Crippen LogP contribution in [0.25, 0.3) is 0 Å². The summed E-state index contributed by atoms with van der Waals surface area (Å²) in [5.41, 5.74) is 4.35. The molecule has 0 aromatic heterocycles. The van der Waals surface area contributed by atoms with E-state index >= 15 is 0 Å². The third-order valence-corrected chi connectivity index (χ3v) is 8.22. The summed E-state index contributed by atoms with van der Waals surface area (Å²) in [5.74, 6) is 1.35. The predicted octanol–water partition coefficient (Wildman–Crippen LogP) is 1.18. The molecular formula is C21H24CaN2O2. The van der Waals surface area contributed by atoms with Gasteiger partial charge in [0.25, 0.3) is 0 Å². The maximum atomic E-state index is 13.2. The van der Waals surface area contributed by atoms with Gasteiger partial charge in [-0.05, 0) is 36.9 Å². The van der Waals surface area contributed by atoms with Crippen molar-refractivity contribution in [3.63, 3.8) is 0 Å². The van der Waals surface area contributed by atoms with Gasteiger partial charge in [0, 0.05) is 29.6 Å². The standard InChI is InChI=1S/C21H22N2O2.Ca.2H/c24-18-10-16-19-13-9-17-21(6-7-22(17)11-12(13)5-8-25-16)14-3-1-2-4-15(14)23(18)20(19)21;;;/h1-5,13,16-17,19-20H,6-11H2;;;/t13-,16-,17-,19-,20-,21+;;;/m0.../s1. The molecule has 0 N–H and O–H groups in total. The molecule has 132 valence electrons. The van der Waals surface area contributed by atoms with Crippen molar-refractivity contribution in [3.8, 4) is 0 Å². The zero-order valence-corrected chi connectivity index (χ0v) is 14.2. The topological polar surface area (TPSA) is 32.8 Å². The normalized spacial score (nSPS) is 44.2. The molecule has 3 saturated heterocycles. The zero-order chi connectivity index (χ0) is 16.3. The molecule has 1 aromatic rings. The number of amides is 1. The minimum atomic E-state index is 0. The summed E-state index contributed by atoms with van der Waals surface area (Å²) in [6, 6.07) is 9.64. The van der Waals surface area contributed by atoms with E-state index in [0.29, 0.717) is 36.9 Å². The molecule has 4 nitrogen and oxygen atoms in total. The molecule has 5 aliphatic heterocycles. The molecule has 4 fully saturated rings. The van der Waals surface area contributed by atoms with Crippen LogP contribution in [-0.4, -0.2) is 86.4 Å². The maximum absolute atomic E-state index is 13.2. The molecule has 1 aliphatic carbocycles. The van der Waals surface area contributed by atoms with E-state index in [2.05, 4.69) is 40.1 Å². The predicted molar refractivity (Wildman–Crippen MR) is 102 cm³/mol. The van der Waals surface area contributed by atoms with Gasteiger partial charge in [-0.25, -0.2) is 0 Å². The fourth-order valence-electron chi connectivity index (χ4n) is 7.51. The Morgan fingerprint density at radius 2 is 2.12 bits per heavy atom. The molecule has 2 bridgehead atoms. The Bertz CT molecular complexity index is 854. The van der Waals surface area contributed by atoms with Gasteiger partial charge < -0.3 is 9.64 Å². The van der Waals surface area contributed by atoms with E-state index in [1.165, 1.54) is 30.6 Å². The molecule has 0 radical (unpaired) electrons. The van der Waals surface area contributed by atoms with Crippen molar-refractivity contribution >= 4 is 49.3 Å². The minimum absolute atomic E-state index is 0. The number of carbonyl (C=O) groups is 1. The Balaban J connectivity index is 0.00000137. The van der Waals surface area contributed by atoms with Crippen molar-refractivity contribution in [1.29, 1.82) is 0 Å². The van der Waals surface area contributed by atoms with Crippen molar-refractivity contribution in [2.75, 3.05) is 24.6 Å². The monoisotopic (exact) mass is 376 g/mol. The number of hydrogen-bond acceptors (Lipinski definition) is 3. The first-order valence-electron chi connectivity index (χ1n) is 9.75. The first-order chi connectivity index (χ1) is 12.3. The number of ether oxygens (including phenoxy) is 1. The number of hydrogen-bond donors (Lipinski definition) is 0. The molecule has 0 unspecified atom stereocenters. The fraction of sp³-hybridized carbons (Fsp3) is 0.571. The van der Waals surface area contributed by atoms with E-state index in [1.54, 1.807) is 5.57 Å². The van der Waals surface area contributed by atoms with Gasteiger partial charge in [0.15, 0.2) is 0 Å². The molecule has 6 aliphatic rings. The summed E-state index contributed by atoms with van der Waals surface area (Å²) in [5, 5.41) is 0. The number of carbonyl (C=O) groups excluding carboxylic acids is 1. The van der Waals surface area contributed by atoms with Crippen LogP contribution in [0, 0.1) is 11.8 Å². The van der Waals surface area contributed by atoms with Gasteiger partial charge in [0.1, 0.15) is 0 Å². The number of benzene rings is 1. The Kier molecular flexibility index (Phi) is 3.41. The SMILES string of the molecule is O=C1C[C@@H]2OCC=C3CN4CC[C@]56c7ccccc7N1[C@H]5[C@H]2[C@H]3C[C@H]46.[CaH2]. The molecule has 26 heavy (non-hydrogen) atoms. The molecular weight excluding hydrogens is 352 g/mol. The van der Waals surface area contributed by atoms with E-state index in [9.17, 15) is 4.79 Å². The van der Waals surface area contributed by atoms with Crippen molar-refractivity contribution < 1.29 is 9.53 Å². The van der Waals surface area contributed by atoms with E-state index in [-0.39, 0.29) is 55.2 Å². The Labute approximate surface area is 183 Å². The quantitative estimate of drug-likeness (QED) is 0.504. The number of rotatable bonds is 0. The van der Waals surface area contributed by atoms with Crippen LogP contribution in [0.15, 0.2) is 35.9 Å². The van der Waals surface area contributed by atoms with Crippen molar-refractivity contribution in [3.05, 3.63) is 41.5 Å². The molecule has 1 aromatic carbocycles. The Morgan fingerprint density at radius 1 is 1.23 bits per heavy atom. The number of para-hydroxylation sites is 1. The average Bonchev–Trinajstić information content (AvgIpc) is 3.10. The van der Waals surface area contributed by atoms with Crippen LogP contribution in [-0.2, 0) is 14.9 Å². The number of nitrogens with zero attached hydrogens (tertiary/aromatic N) is 2. The summed E-state index contributed by atoms with van der Waals surface area (Å²) >= 11 is 0. The first kappa shape index (κ1) is 16.6. The van der Waals surface area contributed by atoms with Crippen LogP contribution >= 0.6 is 0 Å². The van der Waals surface area contributed by atoms with Gasteiger partial charge in [-0.1, -0.05) is 29.8 Å². The van der Waals surface area contributed by atoms with Crippen LogP contribution < -0.4 is 4.90 Å². The number of piperidine rings is 2. The summed E-state index contributed by atoms with van der Waals surface area (Å²) < 4.78 is 6.25. The third kappa shape index (κ3) is 1.69. The van der Waals surface area contributed by atoms with Crippen molar-refractivity contribution in [1.82, 2.24) is 4.90 Å². The van der Waals surface area contributed by atoms with Gasteiger partial charge in [0.2, 0.25) is 5.91 Å². The van der Waals surface area contributed by atoms with Crippen LogP contribution in [0.2, 0.25) is 0 Å². The Hall–Kier alpha value is -0.390. The second-order valence-corrected chi connectivity index (χ2v) is 8.78. The van der Waals surface area contributed by atoms with Crippen LogP contribution in [0.5, 0.6) is 0 Å². The molecule has 5 heteroatoms. The first-order valence-corrected chi connectivity index (χ1v) is 9.75. The van der Waals surface area contributed by atoms with E-state index in [4.69, 9.17) is 4.74 Å². The molecule has 6 atom stereocenters. The average molecular weight is 377 g/mol. The van der Waals surface area contributed by atoms with Gasteiger partial charge >= 0.3 is 37.7 Å². The van der Waals surface area contributed by atoms with Gasteiger partial charge in [-0.2, -0.15) is 0 Å². The van der Waals surface area contributed by atoms with Gasteiger partial charge in [-0.3, -0.25) is 9.69 Å². The Morgan fingerprint density at radius 3 is 3.04 bits per heavy atom. The van der Waals surface area contributed by atoms with Crippen molar-refractivity contribution in [2.45, 2.75) is 42.9 Å². The third-order valence-electron chi connectivity index (χ3n) is 8.22. The van der Waals surface area contributed by atoms with E-state index < -0.39 is 0 Å². The molecule has 1 amide bonds. The summed E-state index contributed by atoms with van der Waals surface area (Å²) in [4.78, 5) is 18.1. The number of fused-ring (bicyclic) bond motifs is 2. The van der Waals surface area contributed by atoms with Crippen LogP contribution in [0.3, 0.4) is 0 Å². The second-order valence-electron chi connectivity index (χ2n) is 8.78. The van der Waals surface area contributed by atoms with E-state index in [1.807, 2.05) is 0 Å². The van der Waals surface area contributed by atoms with Crippen LogP contribution in [0.1, 0.15) is 24.8 Å². The van der Waals surface area contributed by atoms with Gasteiger partial charge in [-0.15, -0.1) is 0 Å². The van der Waals surface area contributed by atoms with Crippen LogP contribution in [0.4, 0.5) is 5.69 Å².